The van der Waals surface area contributed by atoms with Crippen LogP contribution < -0.4 is 0 Å². The van der Waals surface area contributed by atoms with Crippen molar-refractivity contribution in [1.29, 1.82) is 0 Å². The summed E-state index contributed by atoms with van der Waals surface area (Å²) in [6.45, 7) is 0. The zero-order valence-electron chi connectivity index (χ0n) is 6.53. The second kappa shape index (κ2) is 3.98. The maximum Gasteiger partial charge on any atom is 0.233 e. The van der Waals surface area contributed by atoms with Gasteiger partial charge in [-0.1, -0.05) is 11.8 Å². The number of rotatable bonds is 2. The largest absolute Gasteiger partial charge is 0.299 e. The van der Waals surface area contributed by atoms with Crippen molar-refractivity contribution in [3.63, 3.8) is 0 Å². The Balaban J connectivity index is 2.76. The molecule has 0 aromatic rings. The maximum absolute atomic E-state index is 11.1. The van der Waals surface area contributed by atoms with E-state index in [9.17, 15) is 18.0 Å². The molecule has 1 rings (SSSR count). The summed E-state index contributed by atoms with van der Waals surface area (Å²) in [5.74, 6) is -1.51. The van der Waals surface area contributed by atoms with Gasteiger partial charge in [0.1, 0.15) is 11.7 Å². The molecule has 1 fully saturated rings. The van der Waals surface area contributed by atoms with Gasteiger partial charge in [-0.3, -0.25) is 9.59 Å². The highest BCUT2D eigenvalue weighted by atomic mass is 35.7. The highest BCUT2D eigenvalue weighted by molar-refractivity contribution is 8.15. The summed E-state index contributed by atoms with van der Waals surface area (Å²) < 4.78 is 21.3. The first-order valence-corrected chi connectivity index (χ1v) is 6.98. The molecule has 1 saturated heterocycles. The topological polar surface area (TPSA) is 68.3 Å². The zero-order chi connectivity index (χ0) is 10.1. The van der Waals surface area contributed by atoms with E-state index in [0.717, 1.165) is 11.8 Å². The number of halogens is 1. The van der Waals surface area contributed by atoms with Gasteiger partial charge in [0, 0.05) is 22.9 Å². The van der Waals surface area contributed by atoms with Crippen LogP contribution in [0.4, 0.5) is 0 Å². The summed E-state index contributed by atoms with van der Waals surface area (Å²) in [5, 5.41) is -0.388. The molecule has 1 atom stereocenters. The average molecular weight is 243 g/mol. The Kier molecular flexibility index (Phi) is 3.37. The molecule has 74 valence electrons. The fourth-order valence-corrected chi connectivity index (χ4v) is 3.16. The van der Waals surface area contributed by atoms with Crippen LogP contribution in [0, 0.1) is 5.92 Å². The van der Waals surface area contributed by atoms with E-state index in [-0.39, 0.29) is 17.3 Å². The molecule has 0 aromatic heterocycles. The minimum atomic E-state index is -3.77. The van der Waals surface area contributed by atoms with Crippen LogP contribution >= 0.6 is 22.4 Å². The molecular weight excluding hydrogens is 236 g/mol. The molecule has 4 nitrogen and oxygen atoms in total. The quantitative estimate of drug-likeness (QED) is 0.518. The van der Waals surface area contributed by atoms with Crippen molar-refractivity contribution in [3.05, 3.63) is 0 Å². The van der Waals surface area contributed by atoms with Gasteiger partial charge >= 0.3 is 0 Å². The number of hydrogen-bond acceptors (Lipinski definition) is 5. The third kappa shape index (κ3) is 3.28. The number of Topliss-reactive ketones (excluding diaryl/α,β-unsaturated/α-hetero) is 1. The molecule has 1 aliphatic heterocycles. The van der Waals surface area contributed by atoms with Crippen molar-refractivity contribution in [2.75, 3.05) is 11.5 Å². The molecule has 0 aromatic carbocycles. The van der Waals surface area contributed by atoms with E-state index in [1.54, 1.807) is 0 Å². The van der Waals surface area contributed by atoms with Gasteiger partial charge in [-0.2, -0.15) is 0 Å². The molecule has 0 amide bonds. The molecule has 1 heterocycles. The van der Waals surface area contributed by atoms with Crippen molar-refractivity contribution in [1.82, 2.24) is 0 Å². The Morgan fingerprint density at radius 1 is 1.46 bits per heavy atom. The fraction of sp³-hybridized carbons (Fsp3) is 0.667. The Morgan fingerprint density at radius 3 is 2.54 bits per heavy atom. The Hall–Kier alpha value is -0.0700. The van der Waals surface area contributed by atoms with Crippen LogP contribution in [-0.2, 0) is 18.6 Å². The number of carbonyl (C=O) groups excluding carboxylic acids is 2. The molecule has 0 spiro atoms. The van der Waals surface area contributed by atoms with E-state index in [4.69, 9.17) is 10.7 Å². The lowest BCUT2D eigenvalue weighted by Crippen LogP contribution is -2.32. The van der Waals surface area contributed by atoms with Crippen molar-refractivity contribution in [3.8, 4) is 0 Å². The van der Waals surface area contributed by atoms with Gasteiger partial charge in [0.15, 0.2) is 0 Å². The predicted octanol–water partition coefficient (Wildman–Crippen LogP) is 0.404. The monoisotopic (exact) mass is 242 g/mol. The molecule has 1 aliphatic rings. The molecule has 0 bridgehead atoms. The first kappa shape index (κ1) is 11.0. The van der Waals surface area contributed by atoms with Crippen molar-refractivity contribution in [2.24, 2.45) is 5.92 Å². The van der Waals surface area contributed by atoms with Crippen LogP contribution in [0.15, 0.2) is 0 Å². The lowest BCUT2D eigenvalue weighted by atomic mass is 10.1. The number of hydrogen-bond donors (Lipinski definition) is 0. The second-order valence-electron chi connectivity index (χ2n) is 2.64. The zero-order valence-corrected chi connectivity index (χ0v) is 8.92. The average Bonchev–Trinajstić information content (AvgIpc) is 1.95. The van der Waals surface area contributed by atoms with Crippen LogP contribution in [0.2, 0.25) is 0 Å². The molecule has 0 aliphatic carbocycles. The summed E-state index contributed by atoms with van der Waals surface area (Å²) >= 11 is 0.988. The van der Waals surface area contributed by atoms with Crippen molar-refractivity contribution < 1.29 is 18.0 Å². The van der Waals surface area contributed by atoms with E-state index >= 15 is 0 Å². The Labute approximate surface area is 84.4 Å². The van der Waals surface area contributed by atoms with Gasteiger partial charge < -0.3 is 0 Å². The summed E-state index contributed by atoms with van der Waals surface area (Å²) in [7, 11) is 1.18. The van der Waals surface area contributed by atoms with Crippen LogP contribution in [0.3, 0.4) is 0 Å². The van der Waals surface area contributed by atoms with Gasteiger partial charge in [-0.25, -0.2) is 8.42 Å². The molecule has 1 unspecified atom stereocenters. The molecule has 0 radical (unpaired) electrons. The van der Waals surface area contributed by atoms with E-state index in [1.807, 2.05) is 0 Å². The van der Waals surface area contributed by atoms with E-state index in [1.165, 1.54) is 0 Å². The van der Waals surface area contributed by atoms with Gasteiger partial charge in [-0.15, -0.1) is 0 Å². The van der Waals surface area contributed by atoms with E-state index in [2.05, 4.69) is 0 Å². The van der Waals surface area contributed by atoms with Crippen LogP contribution in [0.5, 0.6) is 0 Å². The van der Waals surface area contributed by atoms with Gasteiger partial charge in [0.05, 0.1) is 5.75 Å². The number of thioether (sulfide) groups is 1. The fourth-order valence-electron chi connectivity index (χ4n) is 1.02. The SMILES string of the molecule is O=C1CCSC(=O)C1CS(=O)(=O)Cl. The number of carbonyl (C=O) groups is 2. The lowest BCUT2D eigenvalue weighted by molar-refractivity contribution is -0.128. The Bertz CT molecular complexity index is 319. The Morgan fingerprint density at radius 2 is 2.08 bits per heavy atom. The first-order valence-electron chi connectivity index (χ1n) is 3.52. The summed E-state index contributed by atoms with van der Waals surface area (Å²) in [6.07, 6.45) is 0.244. The van der Waals surface area contributed by atoms with Crippen molar-refractivity contribution >= 4 is 42.4 Å². The summed E-state index contributed by atoms with van der Waals surface area (Å²) in [6, 6.07) is 0. The molecule has 13 heavy (non-hydrogen) atoms. The second-order valence-corrected chi connectivity index (χ2v) is 6.56. The summed E-state index contributed by atoms with van der Waals surface area (Å²) in [4.78, 5) is 22.2. The van der Waals surface area contributed by atoms with E-state index in [0.29, 0.717) is 5.75 Å². The van der Waals surface area contributed by atoms with Gasteiger partial charge in [-0.05, 0) is 0 Å². The normalized spacial score (nSPS) is 24.8. The molecule has 0 saturated carbocycles. The standard InChI is InChI=1S/C6H7ClO4S2/c7-13(10,11)3-4-5(8)1-2-12-6(4)9/h4H,1-3H2. The molecular formula is C6H7ClO4S2. The minimum absolute atomic E-state index is 0.244. The number of ketones is 1. The van der Waals surface area contributed by atoms with Crippen LogP contribution in [0.25, 0.3) is 0 Å². The van der Waals surface area contributed by atoms with Crippen LogP contribution in [-0.4, -0.2) is 30.8 Å². The third-order valence-corrected chi connectivity index (χ3v) is 3.72. The molecule has 0 N–H and O–H groups in total. The maximum atomic E-state index is 11.1. The smallest absolute Gasteiger partial charge is 0.233 e. The van der Waals surface area contributed by atoms with Crippen molar-refractivity contribution in [2.45, 2.75) is 6.42 Å². The third-order valence-electron chi connectivity index (χ3n) is 1.63. The van der Waals surface area contributed by atoms with Crippen LogP contribution in [0.1, 0.15) is 6.42 Å². The first-order chi connectivity index (χ1) is 5.90. The minimum Gasteiger partial charge on any atom is -0.299 e. The van der Waals surface area contributed by atoms with E-state index < -0.39 is 20.7 Å². The summed E-state index contributed by atoms with van der Waals surface area (Å²) in [5.41, 5.74) is 0. The highest BCUT2D eigenvalue weighted by Crippen LogP contribution is 2.23. The molecule has 7 heteroatoms. The lowest BCUT2D eigenvalue weighted by Gasteiger charge is -2.16. The van der Waals surface area contributed by atoms with Gasteiger partial charge in [0.2, 0.25) is 14.2 Å². The highest BCUT2D eigenvalue weighted by Gasteiger charge is 2.34. The predicted molar refractivity (Wildman–Crippen MR) is 50.2 cm³/mol. The van der Waals surface area contributed by atoms with Gasteiger partial charge in [0.25, 0.3) is 0 Å².